The van der Waals surface area contributed by atoms with Crippen LogP contribution in [0.2, 0.25) is 0 Å². The zero-order valence-corrected chi connectivity index (χ0v) is 10.5. The summed E-state index contributed by atoms with van der Waals surface area (Å²) in [5, 5.41) is 0. The lowest BCUT2D eigenvalue weighted by Crippen LogP contribution is -2.51. The summed E-state index contributed by atoms with van der Waals surface area (Å²) in [7, 11) is 0. The lowest BCUT2D eigenvalue weighted by Gasteiger charge is -2.37. The Bertz CT molecular complexity index is 273. The van der Waals surface area contributed by atoms with Gasteiger partial charge in [-0.15, -0.1) is 0 Å². The molecule has 17 heavy (non-hydrogen) atoms. The first kappa shape index (κ1) is 14.7. The molecule has 0 aromatic carbocycles. The maximum absolute atomic E-state index is 12.7. The van der Waals surface area contributed by atoms with E-state index < -0.39 is 17.1 Å². The summed E-state index contributed by atoms with van der Waals surface area (Å²) in [6.45, 7) is 3.18. The summed E-state index contributed by atoms with van der Waals surface area (Å²) in [5.41, 5.74) is 5.18. The number of morpholine rings is 1. The molecule has 1 saturated heterocycles. The molecular weight excluding hydrogens is 253 g/mol. The number of hydrogen-bond acceptors (Lipinski definition) is 3. The highest BCUT2D eigenvalue weighted by Gasteiger charge is 2.43. The Morgan fingerprint density at radius 2 is 2.24 bits per heavy atom. The number of halogens is 3. The summed E-state index contributed by atoms with van der Waals surface area (Å²) in [4.78, 5) is 1.28. The van der Waals surface area contributed by atoms with E-state index >= 15 is 0 Å². The molecule has 1 aliphatic rings. The highest BCUT2D eigenvalue weighted by atomic mass is 32.1. The average molecular weight is 270 g/mol. The van der Waals surface area contributed by atoms with Crippen LogP contribution < -0.4 is 5.73 Å². The third kappa shape index (κ3) is 4.08. The molecule has 2 N–H and O–H groups in total. The number of nitrogens with zero attached hydrogens (tertiary/aromatic N) is 1. The Hall–Kier alpha value is -0.400. The summed E-state index contributed by atoms with van der Waals surface area (Å²) in [6, 6.07) is 0.0166. The van der Waals surface area contributed by atoms with E-state index in [1.54, 1.807) is 4.90 Å². The normalized spacial score (nSPS) is 24.6. The summed E-state index contributed by atoms with van der Waals surface area (Å²) >= 11 is 4.51. The molecule has 0 aliphatic carbocycles. The van der Waals surface area contributed by atoms with E-state index in [1.807, 2.05) is 6.92 Å². The van der Waals surface area contributed by atoms with Crippen LogP contribution in [0.15, 0.2) is 0 Å². The first-order valence-corrected chi connectivity index (χ1v) is 5.95. The van der Waals surface area contributed by atoms with Crippen LogP contribution in [-0.2, 0) is 4.74 Å². The van der Waals surface area contributed by atoms with E-state index in [0.717, 1.165) is 6.42 Å². The van der Waals surface area contributed by atoms with Crippen molar-refractivity contribution in [3.05, 3.63) is 0 Å². The fraction of sp³-hybridized carbons (Fsp3) is 0.900. The lowest BCUT2D eigenvalue weighted by molar-refractivity contribution is -0.164. The van der Waals surface area contributed by atoms with E-state index in [1.165, 1.54) is 0 Å². The molecule has 2 unspecified atom stereocenters. The van der Waals surface area contributed by atoms with Gasteiger partial charge in [-0.1, -0.05) is 19.1 Å². The van der Waals surface area contributed by atoms with Gasteiger partial charge >= 0.3 is 6.18 Å². The minimum Gasteiger partial charge on any atom is -0.393 e. The number of rotatable bonds is 4. The van der Waals surface area contributed by atoms with Crippen molar-refractivity contribution >= 4 is 17.2 Å². The Morgan fingerprint density at radius 3 is 2.71 bits per heavy atom. The number of nitrogens with two attached hydrogens (primary N) is 1. The van der Waals surface area contributed by atoms with Gasteiger partial charge in [0, 0.05) is 19.1 Å². The predicted molar refractivity (Wildman–Crippen MR) is 62.8 cm³/mol. The first-order chi connectivity index (χ1) is 7.86. The highest BCUT2D eigenvalue weighted by molar-refractivity contribution is 7.80. The van der Waals surface area contributed by atoms with Crippen molar-refractivity contribution in [2.24, 2.45) is 11.7 Å². The quantitative estimate of drug-likeness (QED) is 0.787. The maximum Gasteiger partial charge on any atom is 0.399 e. The third-order valence-electron chi connectivity index (χ3n) is 2.98. The van der Waals surface area contributed by atoms with Crippen LogP contribution in [0.4, 0.5) is 13.2 Å². The number of thiocarbonyl (C=S) groups is 1. The van der Waals surface area contributed by atoms with Crippen LogP contribution in [0.1, 0.15) is 13.3 Å². The van der Waals surface area contributed by atoms with E-state index in [-0.39, 0.29) is 12.6 Å². The van der Waals surface area contributed by atoms with Crippen molar-refractivity contribution in [1.82, 2.24) is 4.90 Å². The van der Waals surface area contributed by atoms with Crippen LogP contribution in [0.5, 0.6) is 0 Å². The average Bonchev–Trinajstić information content (AvgIpc) is 2.24. The van der Waals surface area contributed by atoms with Gasteiger partial charge in [0.2, 0.25) is 0 Å². The molecule has 1 heterocycles. The molecule has 3 nitrogen and oxygen atoms in total. The molecule has 0 saturated carbocycles. The van der Waals surface area contributed by atoms with Crippen molar-refractivity contribution in [2.45, 2.75) is 25.6 Å². The van der Waals surface area contributed by atoms with Gasteiger partial charge in [0.15, 0.2) is 0 Å². The molecule has 0 radical (unpaired) electrons. The van der Waals surface area contributed by atoms with E-state index in [0.29, 0.717) is 19.8 Å². The van der Waals surface area contributed by atoms with E-state index in [9.17, 15) is 13.2 Å². The fourth-order valence-electron chi connectivity index (χ4n) is 1.89. The van der Waals surface area contributed by atoms with Gasteiger partial charge in [-0.05, 0) is 6.42 Å². The summed E-state index contributed by atoms with van der Waals surface area (Å²) < 4.78 is 43.4. The molecule has 7 heteroatoms. The number of alkyl halides is 3. The third-order valence-corrected chi connectivity index (χ3v) is 3.26. The summed E-state index contributed by atoms with van der Waals surface area (Å²) in [6.07, 6.45) is -3.62. The van der Waals surface area contributed by atoms with Crippen molar-refractivity contribution in [3.63, 3.8) is 0 Å². The van der Waals surface area contributed by atoms with Crippen molar-refractivity contribution in [3.8, 4) is 0 Å². The van der Waals surface area contributed by atoms with E-state index in [4.69, 9.17) is 10.5 Å². The van der Waals surface area contributed by atoms with E-state index in [2.05, 4.69) is 12.2 Å². The Balaban J connectivity index is 2.68. The number of hydrogen-bond donors (Lipinski definition) is 1. The SMILES string of the molecule is CCC1COCCN1CC(C(N)=S)C(F)(F)F. The second-order valence-electron chi connectivity index (χ2n) is 4.13. The largest absolute Gasteiger partial charge is 0.399 e. The topological polar surface area (TPSA) is 38.5 Å². The predicted octanol–water partition coefficient (Wildman–Crippen LogP) is 1.56. The van der Waals surface area contributed by atoms with Crippen LogP contribution in [0.25, 0.3) is 0 Å². The first-order valence-electron chi connectivity index (χ1n) is 5.54. The van der Waals surface area contributed by atoms with Gasteiger partial charge in [0.25, 0.3) is 0 Å². The van der Waals surface area contributed by atoms with Gasteiger partial charge in [-0.2, -0.15) is 13.2 Å². The smallest absolute Gasteiger partial charge is 0.393 e. The Labute approximate surface area is 104 Å². The Morgan fingerprint density at radius 1 is 1.59 bits per heavy atom. The molecule has 0 amide bonds. The molecule has 1 fully saturated rings. The molecule has 100 valence electrons. The minimum atomic E-state index is -4.37. The second kappa shape index (κ2) is 5.97. The van der Waals surface area contributed by atoms with Crippen molar-refractivity contribution < 1.29 is 17.9 Å². The maximum atomic E-state index is 12.7. The second-order valence-corrected chi connectivity index (χ2v) is 4.60. The molecule has 0 aromatic heterocycles. The van der Waals surface area contributed by atoms with Crippen LogP contribution in [0, 0.1) is 5.92 Å². The molecule has 1 rings (SSSR count). The molecule has 2 atom stereocenters. The van der Waals surface area contributed by atoms with Crippen LogP contribution >= 0.6 is 12.2 Å². The lowest BCUT2D eigenvalue weighted by atomic mass is 10.1. The van der Waals surface area contributed by atoms with Gasteiger partial charge in [-0.25, -0.2) is 0 Å². The van der Waals surface area contributed by atoms with Crippen LogP contribution in [-0.4, -0.2) is 48.4 Å². The zero-order valence-electron chi connectivity index (χ0n) is 9.67. The molecular formula is C10H17F3N2OS. The molecule has 0 bridgehead atoms. The molecule has 0 spiro atoms. The van der Waals surface area contributed by atoms with Gasteiger partial charge < -0.3 is 10.5 Å². The van der Waals surface area contributed by atoms with Crippen molar-refractivity contribution in [2.75, 3.05) is 26.3 Å². The number of ether oxygens (including phenoxy) is 1. The Kier molecular flexibility index (Phi) is 5.15. The monoisotopic (exact) mass is 270 g/mol. The van der Waals surface area contributed by atoms with Gasteiger partial charge in [0.05, 0.1) is 18.2 Å². The van der Waals surface area contributed by atoms with Gasteiger partial charge in [0.1, 0.15) is 5.92 Å². The summed E-state index contributed by atoms with van der Waals surface area (Å²) in [5.74, 6) is -1.73. The molecule has 0 aromatic rings. The van der Waals surface area contributed by atoms with Crippen molar-refractivity contribution in [1.29, 1.82) is 0 Å². The minimum absolute atomic E-state index is 0.0166. The fourth-order valence-corrected chi connectivity index (χ4v) is 2.10. The van der Waals surface area contributed by atoms with Gasteiger partial charge in [-0.3, -0.25) is 4.90 Å². The standard InChI is InChI=1S/C10H17F3N2OS/c1-2-7-6-16-4-3-15(7)5-8(9(14)17)10(11,12)13/h7-8H,2-6H2,1H3,(H2,14,17). The molecule has 1 aliphatic heterocycles. The zero-order chi connectivity index (χ0) is 13.1. The van der Waals surface area contributed by atoms with Crippen LogP contribution in [0.3, 0.4) is 0 Å². The highest BCUT2D eigenvalue weighted by Crippen LogP contribution is 2.28.